The van der Waals surface area contributed by atoms with Gasteiger partial charge in [0.2, 0.25) is 0 Å². The van der Waals surface area contributed by atoms with Gasteiger partial charge in [0.05, 0.1) is 0 Å². The molecular formula is C16H16BrF2N. The average Bonchev–Trinajstić information content (AvgIpc) is 2.38. The normalized spacial score (nSPS) is 12.4. The third kappa shape index (κ3) is 3.64. The van der Waals surface area contributed by atoms with Gasteiger partial charge in [-0.2, -0.15) is 0 Å². The van der Waals surface area contributed by atoms with E-state index < -0.39 is 11.6 Å². The molecule has 0 bridgehead atoms. The van der Waals surface area contributed by atoms with E-state index in [9.17, 15) is 8.78 Å². The zero-order chi connectivity index (χ0) is 14.7. The van der Waals surface area contributed by atoms with Crippen LogP contribution in [0.5, 0.6) is 0 Å². The molecule has 0 heterocycles. The fourth-order valence-electron chi connectivity index (χ4n) is 2.26. The van der Waals surface area contributed by atoms with Crippen molar-refractivity contribution in [3.8, 4) is 0 Å². The minimum absolute atomic E-state index is 0.00882. The first-order chi connectivity index (χ1) is 9.49. The van der Waals surface area contributed by atoms with Crippen LogP contribution in [0.4, 0.5) is 8.78 Å². The molecule has 0 amide bonds. The Bertz CT molecular complexity index is 593. The molecule has 0 saturated heterocycles. The van der Waals surface area contributed by atoms with E-state index >= 15 is 0 Å². The largest absolute Gasteiger partial charge is 0.313 e. The molecule has 0 radical (unpaired) electrons. The van der Waals surface area contributed by atoms with Crippen LogP contribution in [0.1, 0.15) is 22.7 Å². The fourth-order valence-corrected chi connectivity index (χ4v) is 2.79. The van der Waals surface area contributed by atoms with Gasteiger partial charge in [0, 0.05) is 16.6 Å². The Labute approximate surface area is 126 Å². The van der Waals surface area contributed by atoms with Crippen molar-refractivity contribution in [2.45, 2.75) is 19.4 Å². The first-order valence-electron chi connectivity index (χ1n) is 6.38. The topological polar surface area (TPSA) is 12.0 Å². The number of hydrogen-bond acceptors (Lipinski definition) is 1. The number of halogens is 3. The Hall–Kier alpha value is -1.26. The molecule has 2 rings (SSSR count). The van der Waals surface area contributed by atoms with Crippen LogP contribution >= 0.6 is 15.9 Å². The Morgan fingerprint density at radius 2 is 1.75 bits per heavy atom. The highest BCUT2D eigenvalue weighted by Crippen LogP contribution is 2.27. The summed E-state index contributed by atoms with van der Waals surface area (Å²) in [5.74, 6) is -1.09. The minimum atomic E-state index is -0.543. The molecule has 106 valence electrons. The van der Waals surface area contributed by atoms with Gasteiger partial charge < -0.3 is 5.32 Å². The van der Waals surface area contributed by atoms with E-state index in [1.165, 1.54) is 12.1 Å². The van der Waals surface area contributed by atoms with Crippen LogP contribution < -0.4 is 5.32 Å². The molecule has 0 spiro atoms. The van der Waals surface area contributed by atoms with E-state index in [1.54, 1.807) is 0 Å². The van der Waals surface area contributed by atoms with Crippen LogP contribution in [-0.2, 0) is 6.42 Å². The summed E-state index contributed by atoms with van der Waals surface area (Å²) in [6.07, 6.45) is 0.521. The van der Waals surface area contributed by atoms with E-state index in [2.05, 4.69) is 27.3 Å². The Morgan fingerprint density at radius 1 is 1.10 bits per heavy atom. The molecule has 0 aromatic heterocycles. The summed E-state index contributed by atoms with van der Waals surface area (Å²) in [4.78, 5) is 0. The monoisotopic (exact) mass is 339 g/mol. The third-order valence-corrected chi connectivity index (χ3v) is 3.96. The summed E-state index contributed by atoms with van der Waals surface area (Å²) in [6, 6.07) is 9.70. The summed E-state index contributed by atoms with van der Waals surface area (Å²) in [5, 5.41) is 3.20. The SMILES string of the molecule is CNC(Cc1cc(F)cc(F)c1)c1cc(C)ccc1Br. The van der Waals surface area contributed by atoms with Crippen LogP contribution in [0.2, 0.25) is 0 Å². The fraction of sp³-hybridized carbons (Fsp3) is 0.250. The molecule has 20 heavy (non-hydrogen) atoms. The second-order valence-corrected chi connectivity index (χ2v) is 5.70. The molecule has 0 fully saturated rings. The summed E-state index contributed by atoms with van der Waals surface area (Å²) in [6.45, 7) is 2.02. The van der Waals surface area contributed by atoms with Crippen molar-refractivity contribution in [2.24, 2.45) is 0 Å². The lowest BCUT2D eigenvalue weighted by atomic mass is 9.97. The maximum absolute atomic E-state index is 13.3. The van der Waals surface area contributed by atoms with Gasteiger partial charge in [0.25, 0.3) is 0 Å². The second-order valence-electron chi connectivity index (χ2n) is 4.85. The van der Waals surface area contributed by atoms with Crippen molar-refractivity contribution < 1.29 is 8.78 Å². The Morgan fingerprint density at radius 3 is 2.35 bits per heavy atom. The first-order valence-corrected chi connectivity index (χ1v) is 7.17. The van der Waals surface area contributed by atoms with E-state index in [0.717, 1.165) is 21.7 Å². The standard InChI is InChI=1S/C16H16BrF2N/c1-10-3-4-15(17)14(5-10)16(20-2)8-11-6-12(18)9-13(19)7-11/h3-7,9,16,20H,8H2,1-2H3. The highest BCUT2D eigenvalue weighted by atomic mass is 79.9. The molecule has 1 unspecified atom stereocenters. The molecule has 1 nitrogen and oxygen atoms in total. The molecule has 4 heteroatoms. The molecule has 1 atom stereocenters. The van der Waals surface area contributed by atoms with Gasteiger partial charge in [0.15, 0.2) is 0 Å². The maximum Gasteiger partial charge on any atom is 0.126 e. The average molecular weight is 340 g/mol. The predicted octanol–water partition coefficient (Wildman–Crippen LogP) is 4.54. The molecular weight excluding hydrogens is 324 g/mol. The minimum Gasteiger partial charge on any atom is -0.313 e. The van der Waals surface area contributed by atoms with Crippen molar-refractivity contribution in [1.29, 1.82) is 0 Å². The molecule has 0 aliphatic heterocycles. The molecule has 0 aliphatic rings. The summed E-state index contributed by atoms with van der Waals surface area (Å²) < 4.78 is 27.5. The molecule has 1 N–H and O–H groups in total. The number of benzene rings is 2. The zero-order valence-electron chi connectivity index (χ0n) is 11.4. The lowest BCUT2D eigenvalue weighted by molar-refractivity contribution is 0.561. The number of nitrogens with one attached hydrogen (secondary N) is 1. The second kappa shape index (κ2) is 6.46. The number of aryl methyl sites for hydroxylation is 1. The molecule has 2 aromatic carbocycles. The molecule has 0 saturated carbocycles. The van der Waals surface area contributed by atoms with Crippen LogP contribution in [-0.4, -0.2) is 7.05 Å². The van der Waals surface area contributed by atoms with Gasteiger partial charge in [-0.05, 0) is 49.7 Å². The zero-order valence-corrected chi connectivity index (χ0v) is 13.0. The lowest BCUT2D eigenvalue weighted by Gasteiger charge is -2.19. The van der Waals surface area contributed by atoms with E-state index in [4.69, 9.17) is 0 Å². The van der Waals surface area contributed by atoms with Crippen molar-refractivity contribution in [1.82, 2.24) is 5.32 Å². The highest BCUT2D eigenvalue weighted by molar-refractivity contribution is 9.10. The van der Waals surface area contributed by atoms with E-state index in [-0.39, 0.29) is 6.04 Å². The van der Waals surface area contributed by atoms with Gasteiger partial charge in [-0.15, -0.1) is 0 Å². The Balaban J connectivity index is 2.31. The summed E-state index contributed by atoms with van der Waals surface area (Å²) >= 11 is 3.53. The van der Waals surface area contributed by atoms with Crippen molar-refractivity contribution in [3.05, 3.63) is 69.2 Å². The Kier molecular flexibility index (Phi) is 4.89. The third-order valence-electron chi connectivity index (χ3n) is 3.24. The van der Waals surface area contributed by atoms with Gasteiger partial charge in [-0.25, -0.2) is 8.78 Å². The smallest absolute Gasteiger partial charge is 0.126 e. The van der Waals surface area contributed by atoms with Gasteiger partial charge >= 0.3 is 0 Å². The number of hydrogen-bond donors (Lipinski definition) is 1. The summed E-state index contributed by atoms with van der Waals surface area (Å²) in [5.41, 5.74) is 2.86. The van der Waals surface area contributed by atoms with Crippen molar-refractivity contribution >= 4 is 15.9 Å². The molecule has 2 aromatic rings. The van der Waals surface area contributed by atoms with Crippen molar-refractivity contribution in [2.75, 3.05) is 7.05 Å². The first kappa shape index (κ1) is 15.1. The lowest BCUT2D eigenvalue weighted by Crippen LogP contribution is -2.19. The number of rotatable bonds is 4. The molecule has 0 aliphatic carbocycles. The van der Waals surface area contributed by atoms with E-state index in [0.29, 0.717) is 12.0 Å². The predicted molar refractivity (Wildman–Crippen MR) is 80.7 cm³/mol. The number of likely N-dealkylation sites (N-methyl/N-ethyl adjacent to an activating group) is 1. The quantitative estimate of drug-likeness (QED) is 0.862. The van der Waals surface area contributed by atoms with E-state index in [1.807, 2.05) is 26.1 Å². The van der Waals surface area contributed by atoms with Crippen LogP contribution in [0.25, 0.3) is 0 Å². The van der Waals surface area contributed by atoms with Crippen LogP contribution in [0.3, 0.4) is 0 Å². The van der Waals surface area contributed by atoms with Crippen molar-refractivity contribution in [3.63, 3.8) is 0 Å². The van der Waals surface area contributed by atoms with Crippen LogP contribution in [0, 0.1) is 18.6 Å². The van der Waals surface area contributed by atoms with Gasteiger partial charge in [0.1, 0.15) is 11.6 Å². The van der Waals surface area contributed by atoms with Gasteiger partial charge in [-0.3, -0.25) is 0 Å². The van der Waals surface area contributed by atoms with Crippen LogP contribution in [0.15, 0.2) is 40.9 Å². The maximum atomic E-state index is 13.3. The summed E-state index contributed by atoms with van der Waals surface area (Å²) in [7, 11) is 1.84. The van der Waals surface area contributed by atoms with Gasteiger partial charge in [-0.1, -0.05) is 33.6 Å². The highest BCUT2D eigenvalue weighted by Gasteiger charge is 2.14.